The Balaban J connectivity index is 0. The van der Waals surface area contributed by atoms with Gasteiger partial charge >= 0.3 is 5.97 Å². The van der Waals surface area contributed by atoms with Crippen molar-refractivity contribution in [1.29, 1.82) is 0 Å². The van der Waals surface area contributed by atoms with Crippen LogP contribution in [0, 0.1) is 17.8 Å². The summed E-state index contributed by atoms with van der Waals surface area (Å²) >= 11 is 0. The number of carboxylic acids is 1. The van der Waals surface area contributed by atoms with Crippen molar-refractivity contribution in [3.8, 4) is 0 Å². The maximum absolute atomic E-state index is 10.6. The Hall–Kier alpha value is -0.280. The Labute approximate surface area is 86.1 Å². The smallest absolute Gasteiger partial charge is 0.320 e. The van der Waals surface area contributed by atoms with Gasteiger partial charge in [-0.25, -0.2) is 0 Å². The van der Waals surface area contributed by atoms with E-state index in [4.69, 9.17) is 10.8 Å². The average molecular weight is 210 g/mol. The van der Waals surface area contributed by atoms with Crippen molar-refractivity contribution in [3.05, 3.63) is 0 Å². The van der Waals surface area contributed by atoms with Gasteiger partial charge in [-0.3, -0.25) is 4.79 Å². The number of carboxylic acid groups (broad SMARTS) is 1. The minimum absolute atomic E-state index is 0. The van der Waals surface area contributed by atoms with E-state index in [1.54, 1.807) is 0 Å². The van der Waals surface area contributed by atoms with Crippen LogP contribution in [0.2, 0.25) is 0 Å². The largest absolute Gasteiger partial charge is 0.480 e. The van der Waals surface area contributed by atoms with E-state index in [1.807, 2.05) is 27.7 Å². The van der Waals surface area contributed by atoms with Crippen molar-refractivity contribution in [1.82, 2.24) is 0 Å². The molecule has 1 unspecified atom stereocenters. The van der Waals surface area contributed by atoms with Crippen molar-refractivity contribution >= 4 is 18.4 Å². The zero-order valence-corrected chi connectivity index (χ0v) is 9.47. The first-order chi connectivity index (χ1) is 5.37. The van der Waals surface area contributed by atoms with Crippen LogP contribution < -0.4 is 5.73 Å². The molecule has 0 aliphatic carbocycles. The second-order valence-electron chi connectivity index (χ2n) is 3.93. The van der Waals surface area contributed by atoms with E-state index in [0.717, 1.165) is 0 Å². The Morgan fingerprint density at radius 1 is 1.15 bits per heavy atom. The van der Waals surface area contributed by atoms with Gasteiger partial charge < -0.3 is 10.8 Å². The van der Waals surface area contributed by atoms with Crippen molar-refractivity contribution in [2.45, 2.75) is 33.7 Å². The number of rotatable bonds is 4. The molecule has 0 fully saturated rings. The zero-order chi connectivity index (χ0) is 9.89. The van der Waals surface area contributed by atoms with Crippen LogP contribution in [0.5, 0.6) is 0 Å². The van der Waals surface area contributed by atoms with Gasteiger partial charge in [0.1, 0.15) is 6.04 Å². The third kappa shape index (κ3) is 4.48. The molecule has 4 heteroatoms. The Bertz CT molecular complexity index is 152. The predicted molar refractivity (Wildman–Crippen MR) is 56.0 cm³/mol. The lowest BCUT2D eigenvalue weighted by Crippen LogP contribution is -2.42. The molecular weight excluding hydrogens is 190 g/mol. The Kier molecular flexibility index (Phi) is 7.27. The Morgan fingerprint density at radius 2 is 1.46 bits per heavy atom. The summed E-state index contributed by atoms with van der Waals surface area (Å²) in [5.74, 6) is -0.211. The van der Waals surface area contributed by atoms with Crippen LogP contribution in [0.15, 0.2) is 0 Å². The molecule has 0 aliphatic rings. The molecule has 13 heavy (non-hydrogen) atoms. The molecule has 0 rings (SSSR count). The van der Waals surface area contributed by atoms with Gasteiger partial charge in [-0.15, -0.1) is 12.4 Å². The topological polar surface area (TPSA) is 63.3 Å². The van der Waals surface area contributed by atoms with Gasteiger partial charge in [0.05, 0.1) is 0 Å². The molecular formula is C9H20ClNO2. The van der Waals surface area contributed by atoms with Gasteiger partial charge in [-0.1, -0.05) is 27.7 Å². The summed E-state index contributed by atoms with van der Waals surface area (Å²) in [6, 6.07) is -0.731. The molecule has 1 atom stereocenters. The van der Waals surface area contributed by atoms with E-state index < -0.39 is 12.0 Å². The fraction of sp³-hybridized carbons (Fsp3) is 0.889. The van der Waals surface area contributed by atoms with E-state index in [-0.39, 0.29) is 18.3 Å². The summed E-state index contributed by atoms with van der Waals surface area (Å²) in [6.45, 7) is 8.03. The molecule has 3 nitrogen and oxygen atoms in total. The number of hydrogen-bond acceptors (Lipinski definition) is 2. The van der Waals surface area contributed by atoms with Gasteiger partial charge in [0.15, 0.2) is 0 Å². The van der Waals surface area contributed by atoms with E-state index in [1.165, 1.54) is 0 Å². The monoisotopic (exact) mass is 209 g/mol. The van der Waals surface area contributed by atoms with Gasteiger partial charge in [-0.05, 0) is 17.8 Å². The van der Waals surface area contributed by atoms with Crippen molar-refractivity contribution in [2.24, 2.45) is 23.5 Å². The van der Waals surface area contributed by atoms with Gasteiger partial charge in [0.25, 0.3) is 0 Å². The van der Waals surface area contributed by atoms with Gasteiger partial charge in [0.2, 0.25) is 0 Å². The van der Waals surface area contributed by atoms with Crippen LogP contribution in [0.4, 0.5) is 0 Å². The van der Waals surface area contributed by atoms with E-state index in [9.17, 15) is 4.79 Å². The first-order valence-corrected chi connectivity index (χ1v) is 4.36. The summed E-state index contributed by atoms with van der Waals surface area (Å²) in [4.78, 5) is 10.6. The molecule has 0 aromatic heterocycles. The molecule has 0 heterocycles. The summed E-state index contributed by atoms with van der Waals surface area (Å²) in [6.07, 6.45) is 0. The van der Waals surface area contributed by atoms with Crippen molar-refractivity contribution in [3.63, 3.8) is 0 Å². The fourth-order valence-electron chi connectivity index (χ4n) is 1.76. The van der Waals surface area contributed by atoms with E-state index in [0.29, 0.717) is 11.8 Å². The molecule has 80 valence electrons. The first-order valence-electron chi connectivity index (χ1n) is 4.36. The van der Waals surface area contributed by atoms with E-state index >= 15 is 0 Å². The quantitative estimate of drug-likeness (QED) is 0.742. The molecule has 0 bridgehead atoms. The third-order valence-corrected chi connectivity index (χ3v) is 2.24. The molecule has 0 aromatic carbocycles. The minimum atomic E-state index is -0.901. The first kappa shape index (κ1) is 15.2. The highest BCUT2D eigenvalue weighted by Crippen LogP contribution is 2.23. The maximum atomic E-state index is 10.6. The highest BCUT2D eigenvalue weighted by atomic mass is 35.5. The average Bonchev–Trinajstić information content (AvgIpc) is 1.85. The highest BCUT2D eigenvalue weighted by Gasteiger charge is 2.29. The molecule has 0 aliphatic heterocycles. The SMILES string of the molecule is CC(C)C(C(C)C)C(N)C(=O)O.Cl. The minimum Gasteiger partial charge on any atom is -0.480 e. The second-order valence-corrected chi connectivity index (χ2v) is 3.93. The summed E-state index contributed by atoms with van der Waals surface area (Å²) in [5, 5.41) is 8.73. The number of halogens is 1. The number of carbonyl (C=O) groups is 1. The summed E-state index contributed by atoms with van der Waals surface area (Å²) < 4.78 is 0. The Morgan fingerprint density at radius 3 is 1.54 bits per heavy atom. The molecule has 3 N–H and O–H groups in total. The van der Waals surface area contributed by atoms with E-state index in [2.05, 4.69) is 0 Å². The molecule has 0 aromatic rings. The summed E-state index contributed by atoms with van der Waals surface area (Å²) in [7, 11) is 0. The maximum Gasteiger partial charge on any atom is 0.320 e. The third-order valence-electron chi connectivity index (χ3n) is 2.24. The number of nitrogens with two attached hydrogens (primary N) is 1. The highest BCUT2D eigenvalue weighted by molar-refractivity contribution is 5.85. The lowest BCUT2D eigenvalue weighted by molar-refractivity contribution is -0.140. The molecule has 0 saturated heterocycles. The number of aliphatic carboxylic acids is 1. The standard InChI is InChI=1S/C9H19NO2.ClH/c1-5(2)7(6(3)4)8(10)9(11)12;/h5-8H,10H2,1-4H3,(H,11,12);1H. The van der Waals surface area contributed by atoms with Crippen LogP contribution in [0.25, 0.3) is 0 Å². The van der Waals surface area contributed by atoms with Crippen LogP contribution in [0.1, 0.15) is 27.7 Å². The predicted octanol–water partition coefficient (Wildman–Crippen LogP) is 1.75. The van der Waals surface area contributed by atoms with Crippen LogP contribution >= 0.6 is 12.4 Å². The molecule has 0 amide bonds. The van der Waals surface area contributed by atoms with Gasteiger partial charge in [-0.2, -0.15) is 0 Å². The van der Waals surface area contributed by atoms with Crippen molar-refractivity contribution in [2.75, 3.05) is 0 Å². The second kappa shape index (κ2) is 6.22. The van der Waals surface area contributed by atoms with Crippen LogP contribution in [0.3, 0.4) is 0 Å². The zero-order valence-electron chi connectivity index (χ0n) is 8.65. The fourth-order valence-corrected chi connectivity index (χ4v) is 1.76. The van der Waals surface area contributed by atoms with Crippen molar-refractivity contribution < 1.29 is 9.90 Å². The number of hydrogen-bond donors (Lipinski definition) is 2. The summed E-state index contributed by atoms with van der Waals surface area (Å²) in [5.41, 5.74) is 5.56. The van der Waals surface area contributed by atoms with Crippen LogP contribution in [-0.2, 0) is 4.79 Å². The molecule has 0 saturated carbocycles. The van der Waals surface area contributed by atoms with Crippen LogP contribution in [-0.4, -0.2) is 17.1 Å². The lowest BCUT2D eigenvalue weighted by atomic mass is 9.80. The molecule has 0 spiro atoms. The normalized spacial score (nSPS) is 13.2. The lowest BCUT2D eigenvalue weighted by Gasteiger charge is -2.27. The molecule has 0 radical (unpaired) electrons. The van der Waals surface area contributed by atoms with Gasteiger partial charge in [0, 0.05) is 0 Å².